The Morgan fingerprint density at radius 1 is 0.857 bits per heavy atom. The molecule has 1 atom stereocenters. The summed E-state index contributed by atoms with van der Waals surface area (Å²) in [5.41, 5.74) is 2.96. The number of rotatable bonds is 14. The van der Waals surface area contributed by atoms with Crippen LogP contribution in [0.1, 0.15) is 49.3 Å². The van der Waals surface area contributed by atoms with Crippen molar-refractivity contribution in [3.05, 3.63) is 95.6 Å². The van der Waals surface area contributed by atoms with Crippen LogP contribution in [0.3, 0.4) is 0 Å². The van der Waals surface area contributed by atoms with Gasteiger partial charge in [0.05, 0.1) is 6.61 Å². The van der Waals surface area contributed by atoms with E-state index in [2.05, 4.69) is 5.32 Å². The molecule has 1 heterocycles. The normalized spacial score (nSPS) is 14.2. The van der Waals surface area contributed by atoms with Crippen molar-refractivity contribution in [1.82, 2.24) is 10.2 Å². The molecule has 8 nitrogen and oxygen atoms in total. The van der Waals surface area contributed by atoms with Gasteiger partial charge >= 0.3 is 5.97 Å². The lowest BCUT2D eigenvalue weighted by atomic mass is 9.92. The number of amides is 2. The van der Waals surface area contributed by atoms with Gasteiger partial charge in [0.25, 0.3) is 0 Å². The first-order chi connectivity index (χ1) is 20.4. The molecule has 3 aromatic rings. The van der Waals surface area contributed by atoms with E-state index in [1.54, 1.807) is 0 Å². The summed E-state index contributed by atoms with van der Waals surface area (Å²) in [5, 5.41) is 12.4. The molecule has 1 aliphatic heterocycles. The molecular formula is C34H40N2O6. The standard InChI is InChI=1S/C34H40N2O6/c1-2-41-29-13-8-25(9-14-29)12-17-33(38)36-20-18-27(19-21-36)23-32(37)35-31(34(39)40)22-26-10-15-30(16-11-26)42-24-28-6-4-3-5-7-28/h3-11,13-16,27,31H,2,12,17-24H2,1H3,(H,35,37)(H,39,40). The number of benzene rings is 3. The van der Waals surface area contributed by atoms with Crippen molar-refractivity contribution >= 4 is 17.8 Å². The largest absolute Gasteiger partial charge is 0.494 e. The lowest BCUT2D eigenvalue weighted by Gasteiger charge is -2.32. The van der Waals surface area contributed by atoms with Gasteiger partial charge in [-0.2, -0.15) is 0 Å². The van der Waals surface area contributed by atoms with Crippen molar-refractivity contribution in [3.8, 4) is 11.5 Å². The topological polar surface area (TPSA) is 105 Å². The third kappa shape index (κ3) is 9.65. The predicted molar refractivity (Wildman–Crippen MR) is 160 cm³/mol. The minimum atomic E-state index is -1.07. The molecule has 1 aliphatic rings. The highest BCUT2D eigenvalue weighted by Crippen LogP contribution is 2.22. The predicted octanol–water partition coefficient (Wildman–Crippen LogP) is 5.04. The Kier molecular flexibility index (Phi) is 11.4. The lowest BCUT2D eigenvalue weighted by molar-refractivity contribution is -0.142. The molecule has 0 bridgehead atoms. The fourth-order valence-corrected chi connectivity index (χ4v) is 5.13. The summed E-state index contributed by atoms with van der Waals surface area (Å²) in [6.07, 6.45) is 3.01. The summed E-state index contributed by atoms with van der Waals surface area (Å²) >= 11 is 0. The molecule has 42 heavy (non-hydrogen) atoms. The van der Waals surface area contributed by atoms with Gasteiger partial charge in [0.2, 0.25) is 11.8 Å². The van der Waals surface area contributed by atoms with Crippen LogP contribution in [0.15, 0.2) is 78.9 Å². The Morgan fingerprint density at radius 3 is 2.10 bits per heavy atom. The zero-order valence-electron chi connectivity index (χ0n) is 24.2. The van der Waals surface area contributed by atoms with Crippen molar-refractivity contribution in [2.75, 3.05) is 19.7 Å². The fourth-order valence-electron chi connectivity index (χ4n) is 5.13. The second-order valence-corrected chi connectivity index (χ2v) is 10.7. The quantitative estimate of drug-likeness (QED) is 0.281. The van der Waals surface area contributed by atoms with E-state index in [0.29, 0.717) is 44.9 Å². The van der Waals surface area contributed by atoms with Gasteiger partial charge in [-0.05, 0) is 73.1 Å². The summed E-state index contributed by atoms with van der Waals surface area (Å²) in [7, 11) is 0. The number of piperidine rings is 1. The highest BCUT2D eigenvalue weighted by Gasteiger charge is 2.26. The van der Waals surface area contributed by atoms with Crippen LogP contribution < -0.4 is 14.8 Å². The number of hydrogen-bond donors (Lipinski definition) is 2. The van der Waals surface area contributed by atoms with E-state index in [1.165, 1.54) is 0 Å². The van der Waals surface area contributed by atoms with Crippen LogP contribution in [0, 0.1) is 5.92 Å². The Hall–Kier alpha value is -4.33. The molecule has 3 aromatic carbocycles. The van der Waals surface area contributed by atoms with Gasteiger partial charge < -0.3 is 24.8 Å². The number of nitrogens with zero attached hydrogens (tertiary/aromatic N) is 1. The van der Waals surface area contributed by atoms with Crippen LogP contribution in [-0.2, 0) is 33.8 Å². The number of carbonyl (C=O) groups is 3. The third-order valence-electron chi connectivity index (χ3n) is 7.55. The van der Waals surface area contributed by atoms with Gasteiger partial charge in [0.15, 0.2) is 0 Å². The van der Waals surface area contributed by atoms with Crippen molar-refractivity contribution < 1.29 is 29.0 Å². The Labute approximate surface area is 247 Å². The van der Waals surface area contributed by atoms with Gasteiger partial charge in [-0.1, -0.05) is 54.6 Å². The summed E-state index contributed by atoms with van der Waals surface area (Å²) in [6, 6.07) is 23.9. The van der Waals surface area contributed by atoms with Gasteiger partial charge in [-0.3, -0.25) is 9.59 Å². The van der Waals surface area contributed by atoms with E-state index < -0.39 is 12.0 Å². The summed E-state index contributed by atoms with van der Waals surface area (Å²) in [6.45, 7) is 4.24. The van der Waals surface area contributed by atoms with Crippen LogP contribution in [0.25, 0.3) is 0 Å². The van der Waals surface area contributed by atoms with Crippen LogP contribution in [0.4, 0.5) is 0 Å². The molecule has 0 saturated carbocycles. The van der Waals surface area contributed by atoms with Gasteiger partial charge in [0.1, 0.15) is 24.1 Å². The molecule has 0 aliphatic carbocycles. The maximum absolute atomic E-state index is 12.7. The van der Waals surface area contributed by atoms with E-state index in [0.717, 1.165) is 35.3 Å². The van der Waals surface area contributed by atoms with Crippen LogP contribution in [0.5, 0.6) is 11.5 Å². The number of carboxylic acids is 1. The number of nitrogens with one attached hydrogen (secondary N) is 1. The maximum atomic E-state index is 12.7. The number of aryl methyl sites for hydroxylation is 1. The Balaban J connectivity index is 1.17. The van der Waals surface area contributed by atoms with E-state index in [1.807, 2.05) is 90.7 Å². The molecule has 222 valence electrons. The molecule has 8 heteroatoms. The Morgan fingerprint density at radius 2 is 1.48 bits per heavy atom. The molecule has 1 unspecified atom stereocenters. The van der Waals surface area contributed by atoms with Crippen molar-refractivity contribution in [3.63, 3.8) is 0 Å². The average molecular weight is 573 g/mol. The molecule has 0 spiro atoms. The second kappa shape index (κ2) is 15.6. The molecule has 2 N–H and O–H groups in total. The SMILES string of the molecule is CCOc1ccc(CCC(=O)N2CCC(CC(=O)NC(Cc3ccc(OCc4ccccc4)cc3)C(=O)O)CC2)cc1. The molecule has 0 radical (unpaired) electrons. The molecule has 4 rings (SSSR count). The Bertz CT molecular complexity index is 1290. The second-order valence-electron chi connectivity index (χ2n) is 10.7. The van der Waals surface area contributed by atoms with E-state index in [4.69, 9.17) is 9.47 Å². The molecule has 1 saturated heterocycles. The van der Waals surface area contributed by atoms with Gasteiger partial charge in [0, 0.05) is 32.4 Å². The number of carbonyl (C=O) groups excluding carboxylic acids is 2. The van der Waals surface area contributed by atoms with Crippen LogP contribution >= 0.6 is 0 Å². The zero-order valence-corrected chi connectivity index (χ0v) is 24.2. The van der Waals surface area contributed by atoms with Crippen molar-refractivity contribution in [2.45, 2.75) is 58.1 Å². The molecule has 2 amide bonds. The lowest BCUT2D eigenvalue weighted by Crippen LogP contribution is -2.44. The molecular weight excluding hydrogens is 532 g/mol. The third-order valence-corrected chi connectivity index (χ3v) is 7.55. The van der Waals surface area contributed by atoms with E-state index >= 15 is 0 Å². The van der Waals surface area contributed by atoms with E-state index in [9.17, 15) is 19.5 Å². The smallest absolute Gasteiger partial charge is 0.326 e. The zero-order chi connectivity index (χ0) is 29.7. The van der Waals surface area contributed by atoms with Crippen molar-refractivity contribution in [2.24, 2.45) is 5.92 Å². The van der Waals surface area contributed by atoms with Gasteiger partial charge in [-0.15, -0.1) is 0 Å². The minimum Gasteiger partial charge on any atom is -0.494 e. The number of hydrogen-bond acceptors (Lipinski definition) is 5. The van der Waals surface area contributed by atoms with E-state index in [-0.39, 0.29) is 30.6 Å². The highest BCUT2D eigenvalue weighted by molar-refractivity contribution is 5.84. The van der Waals surface area contributed by atoms with Crippen molar-refractivity contribution in [1.29, 1.82) is 0 Å². The minimum absolute atomic E-state index is 0.120. The summed E-state index contributed by atoms with van der Waals surface area (Å²) in [4.78, 5) is 39.2. The first-order valence-corrected chi connectivity index (χ1v) is 14.7. The molecule has 1 fully saturated rings. The fraction of sp³-hybridized carbons (Fsp3) is 0.382. The molecule has 0 aromatic heterocycles. The number of ether oxygens (including phenoxy) is 2. The summed E-state index contributed by atoms with van der Waals surface area (Å²) < 4.78 is 11.3. The number of carboxylic acid groups (broad SMARTS) is 1. The number of aliphatic carboxylic acids is 1. The first kappa shape index (κ1) is 30.6. The monoisotopic (exact) mass is 572 g/mol. The summed E-state index contributed by atoms with van der Waals surface area (Å²) in [5.74, 6) is 0.419. The van der Waals surface area contributed by atoms with Gasteiger partial charge in [-0.25, -0.2) is 4.79 Å². The highest BCUT2D eigenvalue weighted by atomic mass is 16.5. The average Bonchev–Trinajstić information content (AvgIpc) is 3.01. The first-order valence-electron chi connectivity index (χ1n) is 14.7. The maximum Gasteiger partial charge on any atom is 0.326 e. The van der Waals surface area contributed by atoms with Crippen LogP contribution in [-0.4, -0.2) is 53.5 Å². The van der Waals surface area contributed by atoms with Crippen LogP contribution in [0.2, 0.25) is 0 Å². The number of likely N-dealkylation sites (tertiary alicyclic amines) is 1.